The second-order valence-corrected chi connectivity index (χ2v) is 20.5. The molecule has 0 saturated carbocycles. The van der Waals surface area contributed by atoms with Crippen molar-refractivity contribution in [1.82, 2.24) is 0 Å². The van der Waals surface area contributed by atoms with Crippen molar-refractivity contribution in [3.05, 3.63) is 266 Å². The zero-order valence-electron chi connectivity index (χ0n) is 36.4. The van der Waals surface area contributed by atoms with Crippen molar-refractivity contribution in [3.63, 3.8) is 0 Å². The van der Waals surface area contributed by atoms with Crippen molar-refractivity contribution in [2.24, 2.45) is 0 Å². The van der Waals surface area contributed by atoms with Crippen LogP contribution in [-0.4, -0.2) is 8.42 Å². The SMILES string of the molecule is Cc1ccc(S(=O)(=O)OS(c2ccccc2)(c2c(-c3ccccc3)cc(-c3ccccc3)cc2-c2ccccc2)c2c(-c3ccccc3)cc(-c3ccccc3)cc2-c2ccccc2)cc1. The van der Waals surface area contributed by atoms with E-state index in [1.807, 2.05) is 134 Å². The fraction of sp³-hybridized carbons (Fsp3) is 0.0164. The van der Waals surface area contributed by atoms with Gasteiger partial charge in [-0.15, -0.1) is 0 Å². The molecule has 320 valence electrons. The highest BCUT2D eigenvalue weighted by Crippen LogP contribution is 2.77. The van der Waals surface area contributed by atoms with Crippen LogP contribution in [-0.2, 0) is 13.7 Å². The molecular formula is C61H46O3S2. The van der Waals surface area contributed by atoms with Gasteiger partial charge in [0.05, 0.1) is 4.90 Å². The molecule has 10 rings (SSSR count). The highest BCUT2D eigenvalue weighted by Gasteiger charge is 2.45. The molecule has 0 unspecified atom stereocenters. The summed E-state index contributed by atoms with van der Waals surface area (Å²) in [6.07, 6.45) is 0. The van der Waals surface area contributed by atoms with E-state index < -0.39 is 20.4 Å². The monoisotopic (exact) mass is 890 g/mol. The van der Waals surface area contributed by atoms with Crippen LogP contribution < -0.4 is 0 Å². The Labute approximate surface area is 390 Å². The number of rotatable bonds is 12. The smallest absolute Gasteiger partial charge is 0.203 e. The number of hydrogen-bond donors (Lipinski definition) is 0. The molecule has 0 amide bonds. The summed E-state index contributed by atoms with van der Waals surface area (Å²) in [7, 11) is -8.01. The molecule has 0 bridgehead atoms. The summed E-state index contributed by atoms with van der Waals surface area (Å²) in [5.41, 5.74) is 12.1. The molecule has 0 atom stereocenters. The number of aryl methyl sites for hydroxylation is 1. The number of hydrogen-bond acceptors (Lipinski definition) is 3. The molecule has 3 nitrogen and oxygen atoms in total. The second-order valence-electron chi connectivity index (χ2n) is 16.2. The maximum atomic E-state index is 15.8. The molecule has 5 heteroatoms. The molecule has 0 N–H and O–H groups in total. The predicted octanol–water partition coefficient (Wildman–Crippen LogP) is 16.6. The lowest BCUT2D eigenvalue weighted by Gasteiger charge is -2.44. The van der Waals surface area contributed by atoms with Crippen LogP contribution in [0.4, 0.5) is 0 Å². The fourth-order valence-electron chi connectivity index (χ4n) is 8.74. The van der Waals surface area contributed by atoms with Crippen molar-refractivity contribution < 1.29 is 12.0 Å². The van der Waals surface area contributed by atoms with Crippen LogP contribution in [0.2, 0.25) is 0 Å². The van der Waals surface area contributed by atoms with Gasteiger partial charge in [-0.25, -0.2) is 3.63 Å². The Balaban J connectivity index is 1.49. The largest absolute Gasteiger partial charge is 0.307 e. The van der Waals surface area contributed by atoms with Gasteiger partial charge in [0.15, 0.2) is 0 Å². The molecule has 0 fully saturated rings. The first-order chi connectivity index (χ1) is 32.4. The van der Waals surface area contributed by atoms with Gasteiger partial charge in [-0.3, -0.25) is 0 Å². The summed E-state index contributed by atoms with van der Waals surface area (Å²) in [6, 6.07) is 87.9. The highest BCUT2D eigenvalue weighted by atomic mass is 32.3. The van der Waals surface area contributed by atoms with Crippen molar-refractivity contribution in [3.8, 4) is 66.8 Å². The van der Waals surface area contributed by atoms with E-state index in [0.717, 1.165) is 87.0 Å². The molecule has 0 aliphatic carbocycles. The van der Waals surface area contributed by atoms with Gasteiger partial charge in [0.2, 0.25) is 0 Å². The Morgan fingerprint density at radius 2 is 0.561 bits per heavy atom. The average Bonchev–Trinajstić information content (AvgIpc) is 3.39. The summed E-state index contributed by atoms with van der Waals surface area (Å²) in [5, 5.41) is 0. The van der Waals surface area contributed by atoms with E-state index in [-0.39, 0.29) is 4.90 Å². The van der Waals surface area contributed by atoms with Crippen LogP contribution in [0.25, 0.3) is 66.8 Å². The molecule has 0 aromatic heterocycles. The fourth-order valence-corrected chi connectivity index (χ4v) is 14.6. The van der Waals surface area contributed by atoms with Gasteiger partial charge in [-0.05, 0) is 133 Å². The van der Waals surface area contributed by atoms with Gasteiger partial charge >= 0.3 is 10.1 Å². The van der Waals surface area contributed by atoms with E-state index in [2.05, 4.69) is 121 Å². The van der Waals surface area contributed by atoms with E-state index in [9.17, 15) is 0 Å². The van der Waals surface area contributed by atoms with Gasteiger partial charge in [0.1, 0.15) is 0 Å². The number of benzene rings is 10. The lowest BCUT2D eigenvalue weighted by molar-refractivity contribution is 0.508. The summed E-state index contributed by atoms with van der Waals surface area (Å²) in [5.74, 6) is 0. The van der Waals surface area contributed by atoms with Crippen LogP contribution in [0, 0.1) is 6.92 Å². The summed E-state index contributed by atoms with van der Waals surface area (Å²) in [4.78, 5) is 2.34. The van der Waals surface area contributed by atoms with E-state index in [0.29, 0.717) is 0 Å². The minimum absolute atomic E-state index is 0.0766. The van der Waals surface area contributed by atoms with Gasteiger partial charge in [-0.2, -0.15) is 8.42 Å². The first kappa shape index (κ1) is 42.4. The Morgan fingerprint density at radius 3 is 0.864 bits per heavy atom. The van der Waals surface area contributed by atoms with Gasteiger partial charge < -0.3 is 0 Å². The Hall–Kier alpha value is -7.54. The molecule has 66 heavy (non-hydrogen) atoms. The van der Waals surface area contributed by atoms with E-state index in [1.165, 1.54) is 0 Å². The van der Waals surface area contributed by atoms with Crippen molar-refractivity contribution >= 4 is 20.4 Å². The molecule has 0 aliphatic heterocycles. The Morgan fingerprint density at radius 1 is 0.288 bits per heavy atom. The Bertz CT molecular complexity index is 3060. The molecule has 0 radical (unpaired) electrons. The third-order valence-corrected chi connectivity index (χ3v) is 17.2. The predicted molar refractivity (Wildman–Crippen MR) is 274 cm³/mol. The van der Waals surface area contributed by atoms with E-state index in [1.54, 1.807) is 12.1 Å². The van der Waals surface area contributed by atoms with Crippen molar-refractivity contribution in [2.45, 2.75) is 26.5 Å². The van der Waals surface area contributed by atoms with Crippen LogP contribution >= 0.6 is 10.3 Å². The third-order valence-electron chi connectivity index (χ3n) is 11.9. The maximum absolute atomic E-state index is 15.8. The minimum Gasteiger partial charge on any atom is -0.203 e. The second kappa shape index (κ2) is 18.5. The summed E-state index contributed by atoms with van der Waals surface area (Å²) in [6.45, 7) is 1.95. The molecule has 0 heterocycles. The van der Waals surface area contributed by atoms with Crippen LogP contribution in [0.5, 0.6) is 0 Å². The lowest BCUT2D eigenvalue weighted by atomic mass is 9.93. The normalized spacial score (nSPS) is 11.8. The summed E-state index contributed by atoms with van der Waals surface area (Å²) < 4.78 is 39.3. The van der Waals surface area contributed by atoms with Crippen molar-refractivity contribution in [2.75, 3.05) is 0 Å². The van der Waals surface area contributed by atoms with Gasteiger partial charge in [0.25, 0.3) is 0 Å². The molecule has 10 aromatic carbocycles. The topological polar surface area (TPSA) is 43.4 Å². The minimum atomic E-state index is -4.56. The molecule has 0 spiro atoms. The molecule has 10 aromatic rings. The third kappa shape index (κ3) is 8.32. The standard InChI is InChI=1S/C61H46O3S2/c1-45-37-39-55(40-38-45)66(62,63)64-65(54-35-21-8-22-36-54,60-56(48-27-13-4-14-28-48)41-52(46-23-9-2-10-24-46)42-57(60)49-29-15-5-16-30-49)61-58(50-31-17-6-18-32-50)43-53(47-25-11-3-12-26-47)44-59(61)51-33-19-7-20-34-51/h2-44H,1H3. The van der Waals surface area contributed by atoms with Crippen LogP contribution in [0.3, 0.4) is 0 Å². The molecular weight excluding hydrogens is 845 g/mol. The van der Waals surface area contributed by atoms with Crippen LogP contribution in [0.1, 0.15) is 5.56 Å². The van der Waals surface area contributed by atoms with E-state index >= 15 is 8.42 Å². The first-order valence-electron chi connectivity index (χ1n) is 22.0. The lowest BCUT2D eigenvalue weighted by Crippen LogP contribution is -2.18. The zero-order chi connectivity index (χ0) is 44.9. The zero-order valence-corrected chi connectivity index (χ0v) is 38.0. The van der Waals surface area contributed by atoms with E-state index in [4.69, 9.17) is 3.63 Å². The summed E-state index contributed by atoms with van der Waals surface area (Å²) >= 11 is 0. The first-order valence-corrected chi connectivity index (χ1v) is 25.0. The Kier molecular flexibility index (Phi) is 11.9. The molecule has 0 aliphatic rings. The molecule has 0 saturated heterocycles. The average molecular weight is 891 g/mol. The van der Waals surface area contributed by atoms with Gasteiger partial charge in [-0.1, -0.05) is 218 Å². The van der Waals surface area contributed by atoms with Crippen molar-refractivity contribution in [1.29, 1.82) is 0 Å². The highest BCUT2D eigenvalue weighted by molar-refractivity contribution is 8.33. The van der Waals surface area contributed by atoms with Gasteiger partial charge in [0, 0.05) is 14.7 Å². The van der Waals surface area contributed by atoms with Crippen LogP contribution in [0.15, 0.2) is 280 Å². The maximum Gasteiger partial charge on any atom is 0.307 e. The quantitative estimate of drug-likeness (QED) is 0.123.